The number of alkyl halides is 3. The number of hydrazone groups is 1. The third kappa shape index (κ3) is 6.00. The Hall–Kier alpha value is -3.50. The van der Waals surface area contributed by atoms with Crippen LogP contribution in [0.15, 0.2) is 35.7 Å². The van der Waals surface area contributed by atoms with Gasteiger partial charge in [-0.3, -0.25) is 5.01 Å². The molecule has 0 fully saturated rings. The number of benzene rings is 1. The number of hydrogen-bond donors (Lipinski definition) is 2. The van der Waals surface area contributed by atoms with Gasteiger partial charge in [0.1, 0.15) is 17.2 Å². The molecule has 2 rings (SSSR count). The lowest BCUT2D eigenvalue weighted by Gasteiger charge is -2.18. The molecule has 0 saturated heterocycles. The van der Waals surface area contributed by atoms with Crippen molar-refractivity contribution in [1.82, 2.24) is 15.3 Å². The van der Waals surface area contributed by atoms with E-state index in [0.29, 0.717) is 22.8 Å². The van der Waals surface area contributed by atoms with Gasteiger partial charge in [0, 0.05) is 38.5 Å². The van der Waals surface area contributed by atoms with Crippen LogP contribution < -0.4 is 25.5 Å². The molecule has 2 aromatic rings. The van der Waals surface area contributed by atoms with Crippen LogP contribution in [0.3, 0.4) is 0 Å². The van der Waals surface area contributed by atoms with E-state index in [4.69, 9.17) is 10.5 Å². The van der Waals surface area contributed by atoms with Crippen LogP contribution in [0.4, 0.5) is 24.7 Å². The molecular formula is C19H23F3N6O2. The Balaban J connectivity index is 2.40. The maximum atomic E-state index is 12.6. The van der Waals surface area contributed by atoms with Gasteiger partial charge in [-0.15, -0.1) is 13.2 Å². The van der Waals surface area contributed by atoms with E-state index in [2.05, 4.69) is 25.1 Å². The Morgan fingerprint density at radius 2 is 1.90 bits per heavy atom. The molecule has 0 unspecified atom stereocenters. The number of allylic oxidation sites excluding steroid dienone is 1. The van der Waals surface area contributed by atoms with E-state index in [1.165, 1.54) is 24.3 Å². The van der Waals surface area contributed by atoms with Crippen molar-refractivity contribution in [3.63, 3.8) is 0 Å². The number of halogens is 3. The summed E-state index contributed by atoms with van der Waals surface area (Å²) >= 11 is 0. The summed E-state index contributed by atoms with van der Waals surface area (Å²) in [4.78, 5) is 8.63. The van der Waals surface area contributed by atoms with Crippen molar-refractivity contribution >= 4 is 22.8 Å². The highest BCUT2D eigenvalue weighted by atomic mass is 19.4. The lowest BCUT2D eigenvalue weighted by molar-refractivity contribution is -0.274. The van der Waals surface area contributed by atoms with Gasteiger partial charge in [0.25, 0.3) is 0 Å². The normalized spacial score (nSPS) is 12.5. The minimum absolute atomic E-state index is 0.178. The van der Waals surface area contributed by atoms with Gasteiger partial charge in [-0.1, -0.05) is 0 Å². The summed E-state index contributed by atoms with van der Waals surface area (Å²) in [6.45, 7) is 3.53. The fraction of sp³-hybridized carbons (Fsp3) is 0.316. The Morgan fingerprint density at radius 3 is 2.50 bits per heavy atom. The van der Waals surface area contributed by atoms with Crippen LogP contribution in [0.5, 0.6) is 11.5 Å². The second-order valence-corrected chi connectivity index (χ2v) is 6.23. The van der Waals surface area contributed by atoms with Crippen molar-refractivity contribution in [2.24, 2.45) is 5.10 Å². The van der Waals surface area contributed by atoms with Gasteiger partial charge in [0.15, 0.2) is 5.82 Å². The zero-order chi connectivity index (χ0) is 22.5. The lowest BCUT2D eigenvalue weighted by Crippen LogP contribution is -2.18. The van der Waals surface area contributed by atoms with Crippen molar-refractivity contribution in [1.29, 1.82) is 0 Å². The fourth-order valence-corrected chi connectivity index (χ4v) is 2.53. The number of hydrogen-bond acceptors (Lipinski definition) is 8. The minimum Gasteiger partial charge on any atom is -0.497 e. The molecule has 0 amide bonds. The molecule has 0 spiro atoms. The maximum Gasteiger partial charge on any atom is 0.573 e. The topological polar surface area (TPSA) is 97.9 Å². The van der Waals surface area contributed by atoms with Gasteiger partial charge in [0.05, 0.1) is 30.4 Å². The fourth-order valence-electron chi connectivity index (χ4n) is 2.53. The molecule has 0 bridgehead atoms. The van der Waals surface area contributed by atoms with Gasteiger partial charge in [-0.05, 0) is 19.4 Å². The Labute approximate surface area is 172 Å². The smallest absolute Gasteiger partial charge is 0.497 e. The molecule has 0 aliphatic carbocycles. The molecule has 0 saturated carbocycles. The quantitative estimate of drug-likeness (QED) is 0.519. The third-order valence-corrected chi connectivity index (χ3v) is 3.92. The average Bonchev–Trinajstić information content (AvgIpc) is 2.66. The number of nitrogens with one attached hydrogen (secondary N) is 1. The highest BCUT2D eigenvalue weighted by Crippen LogP contribution is 2.32. The molecule has 0 aliphatic heterocycles. The van der Waals surface area contributed by atoms with E-state index in [0.717, 1.165) is 11.6 Å². The number of ether oxygens (including phenoxy) is 2. The largest absolute Gasteiger partial charge is 0.573 e. The second kappa shape index (κ2) is 9.33. The van der Waals surface area contributed by atoms with Crippen LogP contribution >= 0.6 is 0 Å². The summed E-state index contributed by atoms with van der Waals surface area (Å²) in [5, 5.41) is 8.66. The van der Waals surface area contributed by atoms with Gasteiger partial charge in [-0.25, -0.2) is 9.97 Å². The first-order valence-electron chi connectivity index (χ1n) is 8.75. The van der Waals surface area contributed by atoms with E-state index in [-0.39, 0.29) is 11.6 Å². The molecule has 1 aromatic carbocycles. The minimum atomic E-state index is -4.83. The number of nitrogens with zero attached hydrogens (tertiary/aromatic N) is 4. The summed E-state index contributed by atoms with van der Waals surface area (Å²) < 4.78 is 46.9. The van der Waals surface area contributed by atoms with Gasteiger partial charge >= 0.3 is 6.36 Å². The van der Waals surface area contributed by atoms with E-state index < -0.39 is 12.1 Å². The number of aromatic nitrogens is 2. The lowest BCUT2D eigenvalue weighted by atomic mass is 10.2. The average molecular weight is 424 g/mol. The van der Waals surface area contributed by atoms with Crippen molar-refractivity contribution in [2.45, 2.75) is 20.2 Å². The maximum absolute atomic E-state index is 12.6. The Bertz CT molecular complexity index is 960. The predicted octanol–water partition coefficient (Wildman–Crippen LogP) is 3.41. The molecule has 0 atom stereocenters. The SMILES string of the molecule is CN/C=C(\C)c1cnc(N)c(/C(C)=N/N(C)c2cc(OC)cc(OC(F)(F)F)c2)n1. The summed E-state index contributed by atoms with van der Waals surface area (Å²) in [5.74, 6) is -0.0661. The van der Waals surface area contributed by atoms with Gasteiger partial charge < -0.3 is 20.5 Å². The van der Waals surface area contributed by atoms with Crippen LogP contribution in [-0.2, 0) is 0 Å². The highest BCUT2D eigenvalue weighted by Gasteiger charge is 2.31. The molecule has 0 radical (unpaired) electrons. The summed E-state index contributed by atoms with van der Waals surface area (Å²) in [6, 6.07) is 3.84. The first-order valence-corrected chi connectivity index (χ1v) is 8.75. The first-order chi connectivity index (χ1) is 14.0. The van der Waals surface area contributed by atoms with Crippen molar-refractivity contribution in [2.75, 3.05) is 31.9 Å². The number of methoxy groups -OCH3 is 1. The molecule has 0 aliphatic rings. The number of rotatable bonds is 7. The van der Waals surface area contributed by atoms with Crippen molar-refractivity contribution in [3.8, 4) is 11.5 Å². The second-order valence-electron chi connectivity index (χ2n) is 6.23. The molecule has 30 heavy (non-hydrogen) atoms. The van der Waals surface area contributed by atoms with Crippen LogP contribution in [0.1, 0.15) is 25.2 Å². The van der Waals surface area contributed by atoms with Crippen molar-refractivity contribution < 1.29 is 22.6 Å². The van der Waals surface area contributed by atoms with Crippen LogP contribution in [0.2, 0.25) is 0 Å². The van der Waals surface area contributed by atoms with Crippen LogP contribution in [0, 0.1) is 0 Å². The first kappa shape index (κ1) is 22.8. The summed E-state index contributed by atoms with van der Waals surface area (Å²) in [7, 11) is 4.67. The third-order valence-electron chi connectivity index (χ3n) is 3.92. The summed E-state index contributed by atoms with van der Waals surface area (Å²) in [5.41, 5.74) is 8.48. The van der Waals surface area contributed by atoms with E-state index in [1.807, 2.05) is 6.92 Å². The summed E-state index contributed by atoms with van der Waals surface area (Å²) in [6.07, 6.45) is -1.52. The number of nitrogen functional groups attached to an aromatic ring is 1. The standard InChI is InChI=1S/C19H23F3N6O2/c1-11(9-24-3)16-10-25-18(23)17(26-16)12(2)27-28(4)13-6-14(29-5)8-15(7-13)30-19(20,21)22/h6-10,24H,1-5H3,(H2,23,25)/b11-9+,27-12+. The zero-order valence-electron chi connectivity index (χ0n) is 17.2. The van der Waals surface area contributed by atoms with E-state index >= 15 is 0 Å². The number of nitrogens with two attached hydrogens (primary N) is 1. The molecule has 1 heterocycles. The molecule has 11 heteroatoms. The van der Waals surface area contributed by atoms with Crippen LogP contribution in [-0.4, -0.2) is 43.2 Å². The molecule has 3 N–H and O–H groups in total. The highest BCUT2D eigenvalue weighted by molar-refractivity contribution is 6.01. The molecular weight excluding hydrogens is 401 g/mol. The number of anilines is 2. The zero-order valence-corrected chi connectivity index (χ0v) is 17.2. The van der Waals surface area contributed by atoms with E-state index in [9.17, 15) is 13.2 Å². The van der Waals surface area contributed by atoms with E-state index in [1.54, 1.807) is 33.4 Å². The van der Waals surface area contributed by atoms with Crippen LogP contribution in [0.25, 0.3) is 5.57 Å². The monoisotopic (exact) mass is 424 g/mol. The van der Waals surface area contributed by atoms with Crippen molar-refractivity contribution in [3.05, 3.63) is 42.0 Å². The predicted molar refractivity (Wildman–Crippen MR) is 109 cm³/mol. The molecule has 162 valence electrons. The Kier molecular flexibility index (Phi) is 7.09. The van der Waals surface area contributed by atoms with Gasteiger partial charge in [-0.2, -0.15) is 5.10 Å². The van der Waals surface area contributed by atoms with Gasteiger partial charge in [0.2, 0.25) is 0 Å². The Morgan fingerprint density at radius 1 is 1.23 bits per heavy atom. The molecule has 1 aromatic heterocycles. The molecule has 8 nitrogen and oxygen atoms in total.